The van der Waals surface area contributed by atoms with Gasteiger partial charge in [0.15, 0.2) is 0 Å². The van der Waals surface area contributed by atoms with E-state index in [9.17, 15) is 18.5 Å². The van der Waals surface area contributed by atoms with Gasteiger partial charge in [-0.05, 0) is 51.0 Å². The summed E-state index contributed by atoms with van der Waals surface area (Å²) in [7, 11) is -2.47. The zero-order valence-corrected chi connectivity index (χ0v) is 18.4. The van der Waals surface area contributed by atoms with Crippen molar-refractivity contribution in [3.8, 4) is 5.69 Å². The molecule has 0 N–H and O–H groups in total. The Balaban J connectivity index is 2.00. The van der Waals surface area contributed by atoms with Crippen LogP contribution in [0.2, 0.25) is 0 Å². The maximum atomic E-state index is 13.3. The molecule has 3 rings (SSSR count). The minimum atomic E-state index is -3.94. The quantitative estimate of drug-likeness (QED) is 0.439. The summed E-state index contributed by atoms with van der Waals surface area (Å²) in [5.41, 5.74) is 4.07. The first-order valence-corrected chi connectivity index (χ1v) is 10.8. The van der Waals surface area contributed by atoms with E-state index < -0.39 is 14.9 Å². The lowest BCUT2D eigenvalue weighted by molar-refractivity contribution is -0.385. The van der Waals surface area contributed by atoms with E-state index in [-0.39, 0.29) is 17.1 Å². The predicted molar refractivity (Wildman–Crippen MR) is 114 cm³/mol. The van der Waals surface area contributed by atoms with Crippen LogP contribution in [0.5, 0.6) is 0 Å². The number of hydrogen-bond acceptors (Lipinski definition) is 5. The molecule has 0 radical (unpaired) electrons. The third kappa shape index (κ3) is 3.86. The van der Waals surface area contributed by atoms with Crippen molar-refractivity contribution >= 4 is 15.7 Å². The molecule has 0 aliphatic carbocycles. The van der Waals surface area contributed by atoms with Gasteiger partial charge < -0.3 is 0 Å². The number of rotatable bonds is 6. The highest BCUT2D eigenvalue weighted by Gasteiger charge is 2.28. The Morgan fingerprint density at radius 2 is 1.73 bits per heavy atom. The second-order valence-corrected chi connectivity index (χ2v) is 9.31. The molecule has 1 heterocycles. The molecule has 0 bridgehead atoms. The van der Waals surface area contributed by atoms with Crippen LogP contribution in [0, 0.1) is 37.8 Å². The van der Waals surface area contributed by atoms with Crippen molar-refractivity contribution < 1.29 is 13.3 Å². The SMILES string of the molecule is Cc1cc([N+](=O)[O-])cc(S(=O)(=O)N(C)Cc2c(C)nn(-c3ccccc3)c2C)c1C. The van der Waals surface area contributed by atoms with E-state index in [2.05, 4.69) is 5.10 Å². The highest BCUT2D eigenvalue weighted by atomic mass is 32.2. The summed E-state index contributed by atoms with van der Waals surface area (Å²) in [6.07, 6.45) is 0. The lowest BCUT2D eigenvalue weighted by Gasteiger charge is -2.19. The Labute approximate surface area is 176 Å². The van der Waals surface area contributed by atoms with Crippen LogP contribution in [-0.2, 0) is 16.6 Å². The maximum Gasteiger partial charge on any atom is 0.271 e. The molecule has 0 amide bonds. The topological polar surface area (TPSA) is 98.3 Å². The maximum absolute atomic E-state index is 13.3. The monoisotopic (exact) mass is 428 g/mol. The summed E-state index contributed by atoms with van der Waals surface area (Å²) in [6, 6.07) is 12.1. The molecule has 0 aliphatic heterocycles. The zero-order valence-electron chi connectivity index (χ0n) is 17.6. The van der Waals surface area contributed by atoms with Crippen LogP contribution in [0.25, 0.3) is 5.69 Å². The number of aryl methyl sites for hydroxylation is 2. The third-order valence-electron chi connectivity index (χ3n) is 5.33. The Kier molecular flexibility index (Phi) is 5.78. The highest BCUT2D eigenvalue weighted by Crippen LogP contribution is 2.29. The first-order chi connectivity index (χ1) is 14.0. The molecule has 0 saturated carbocycles. The number of aromatic nitrogens is 2. The van der Waals surface area contributed by atoms with Crippen LogP contribution in [0.15, 0.2) is 47.4 Å². The van der Waals surface area contributed by atoms with Gasteiger partial charge in [-0.25, -0.2) is 13.1 Å². The van der Waals surface area contributed by atoms with E-state index in [0.717, 1.165) is 28.7 Å². The molecule has 30 heavy (non-hydrogen) atoms. The van der Waals surface area contributed by atoms with Gasteiger partial charge in [0.2, 0.25) is 10.0 Å². The molecule has 0 unspecified atom stereocenters. The first-order valence-electron chi connectivity index (χ1n) is 9.36. The predicted octanol–water partition coefficient (Wildman–Crippen LogP) is 3.83. The lowest BCUT2D eigenvalue weighted by Crippen LogP contribution is -2.28. The molecule has 0 atom stereocenters. The van der Waals surface area contributed by atoms with Crippen LogP contribution in [0.4, 0.5) is 5.69 Å². The standard InChI is InChI=1S/C21H24N4O4S/c1-14-11-19(25(26)27)12-21(15(14)2)30(28,29)23(5)13-20-16(3)22-24(17(20)4)18-9-7-6-8-10-18/h6-12H,13H2,1-5H3. The number of hydrogen-bond donors (Lipinski definition) is 0. The molecule has 0 saturated heterocycles. The molecular formula is C21H24N4O4S. The van der Waals surface area contributed by atoms with E-state index in [1.165, 1.54) is 17.4 Å². The fraction of sp³-hybridized carbons (Fsp3) is 0.286. The number of non-ortho nitro benzene ring substituents is 1. The van der Waals surface area contributed by atoms with Crippen LogP contribution in [-0.4, -0.2) is 34.5 Å². The van der Waals surface area contributed by atoms with Gasteiger partial charge in [0.25, 0.3) is 5.69 Å². The smallest absolute Gasteiger partial charge is 0.258 e. The largest absolute Gasteiger partial charge is 0.271 e. The van der Waals surface area contributed by atoms with Crippen molar-refractivity contribution in [2.75, 3.05) is 7.05 Å². The van der Waals surface area contributed by atoms with Crippen LogP contribution in [0.1, 0.15) is 28.1 Å². The lowest BCUT2D eigenvalue weighted by atomic mass is 10.1. The van der Waals surface area contributed by atoms with Crippen molar-refractivity contribution in [2.24, 2.45) is 0 Å². The van der Waals surface area contributed by atoms with E-state index in [1.807, 2.05) is 44.2 Å². The van der Waals surface area contributed by atoms with Gasteiger partial charge in [-0.3, -0.25) is 10.1 Å². The second-order valence-electron chi connectivity index (χ2n) is 7.30. The molecule has 0 fully saturated rings. The Hall–Kier alpha value is -3.04. The number of sulfonamides is 1. The Morgan fingerprint density at radius 3 is 2.33 bits per heavy atom. The molecule has 1 aromatic heterocycles. The molecular weight excluding hydrogens is 404 g/mol. The van der Waals surface area contributed by atoms with Crippen LogP contribution >= 0.6 is 0 Å². The average Bonchev–Trinajstić information content (AvgIpc) is 2.98. The van der Waals surface area contributed by atoms with Crippen LogP contribution < -0.4 is 0 Å². The first kappa shape index (κ1) is 21.7. The second kappa shape index (κ2) is 8.00. The minimum absolute atomic E-state index is 0.0533. The zero-order chi connectivity index (χ0) is 22.2. The molecule has 2 aromatic carbocycles. The van der Waals surface area contributed by atoms with Gasteiger partial charge in [0.05, 0.1) is 21.2 Å². The van der Waals surface area contributed by atoms with Gasteiger partial charge in [-0.15, -0.1) is 0 Å². The van der Waals surface area contributed by atoms with Gasteiger partial charge in [-0.1, -0.05) is 18.2 Å². The van der Waals surface area contributed by atoms with E-state index >= 15 is 0 Å². The fourth-order valence-electron chi connectivity index (χ4n) is 3.38. The summed E-state index contributed by atoms with van der Waals surface area (Å²) in [5, 5.41) is 15.8. The average molecular weight is 429 g/mol. The number of nitrogens with zero attached hydrogens (tertiary/aromatic N) is 4. The number of para-hydroxylation sites is 1. The Bertz CT molecular complexity index is 1220. The number of benzene rings is 2. The van der Waals surface area contributed by atoms with E-state index in [4.69, 9.17) is 0 Å². The summed E-state index contributed by atoms with van der Waals surface area (Å²) >= 11 is 0. The van der Waals surface area contributed by atoms with Crippen LogP contribution in [0.3, 0.4) is 0 Å². The van der Waals surface area contributed by atoms with Crippen molar-refractivity contribution in [3.05, 3.63) is 80.7 Å². The van der Waals surface area contributed by atoms with Gasteiger partial charge in [-0.2, -0.15) is 9.40 Å². The Morgan fingerprint density at radius 1 is 1.10 bits per heavy atom. The number of nitro groups is 1. The molecule has 0 aliphatic rings. The van der Waals surface area contributed by atoms with E-state index in [1.54, 1.807) is 18.5 Å². The van der Waals surface area contributed by atoms with E-state index in [0.29, 0.717) is 11.1 Å². The molecule has 158 valence electrons. The minimum Gasteiger partial charge on any atom is -0.258 e. The summed E-state index contributed by atoms with van der Waals surface area (Å²) in [6.45, 7) is 7.16. The van der Waals surface area contributed by atoms with Gasteiger partial charge >= 0.3 is 0 Å². The molecule has 9 heteroatoms. The van der Waals surface area contributed by atoms with Crippen molar-refractivity contribution in [1.82, 2.24) is 14.1 Å². The fourth-order valence-corrected chi connectivity index (χ4v) is 4.83. The summed E-state index contributed by atoms with van der Waals surface area (Å²) in [4.78, 5) is 10.6. The van der Waals surface area contributed by atoms with Crippen molar-refractivity contribution in [2.45, 2.75) is 39.1 Å². The summed E-state index contributed by atoms with van der Waals surface area (Å²) in [5.74, 6) is 0. The van der Waals surface area contributed by atoms with Gasteiger partial charge in [0.1, 0.15) is 0 Å². The molecule has 3 aromatic rings. The number of nitro benzene ring substituents is 1. The van der Waals surface area contributed by atoms with Crippen molar-refractivity contribution in [3.63, 3.8) is 0 Å². The molecule has 0 spiro atoms. The summed E-state index contributed by atoms with van der Waals surface area (Å²) < 4.78 is 29.5. The molecule has 8 nitrogen and oxygen atoms in total. The highest BCUT2D eigenvalue weighted by molar-refractivity contribution is 7.89. The normalized spacial score (nSPS) is 11.8. The van der Waals surface area contributed by atoms with Gasteiger partial charge in [0, 0.05) is 37.0 Å². The third-order valence-corrected chi connectivity index (χ3v) is 7.26. The van der Waals surface area contributed by atoms with Crippen molar-refractivity contribution in [1.29, 1.82) is 0 Å².